The number of anilines is 1. The first-order valence-electron chi connectivity index (χ1n) is 8.01. The summed E-state index contributed by atoms with van der Waals surface area (Å²) in [5, 5.41) is 11.9. The summed E-state index contributed by atoms with van der Waals surface area (Å²) in [6.07, 6.45) is 3.19. The number of benzene rings is 1. The van der Waals surface area contributed by atoms with Crippen LogP contribution in [0, 0.1) is 13.8 Å². The molecule has 0 unspecified atom stereocenters. The molecular weight excluding hydrogens is 412 g/mol. The van der Waals surface area contributed by atoms with E-state index in [-0.39, 0.29) is 5.69 Å². The Morgan fingerprint density at radius 3 is 2.89 bits per heavy atom. The van der Waals surface area contributed by atoms with Crippen LogP contribution >= 0.6 is 15.9 Å². The van der Waals surface area contributed by atoms with Crippen molar-refractivity contribution < 1.29 is 4.79 Å². The van der Waals surface area contributed by atoms with Crippen LogP contribution < -0.4 is 11.2 Å². The SMILES string of the molecule is Cc1ncc(Cn2nnc(C(=O)N/N=C/c3ccccc3Br)c2C)c(N)n1. The molecule has 0 radical (unpaired) electrons. The lowest BCUT2D eigenvalue weighted by Crippen LogP contribution is -2.19. The molecule has 0 fully saturated rings. The van der Waals surface area contributed by atoms with Crippen molar-refractivity contribution >= 4 is 33.9 Å². The Bertz CT molecular complexity index is 1010. The van der Waals surface area contributed by atoms with Gasteiger partial charge < -0.3 is 5.73 Å². The molecule has 0 aliphatic carbocycles. The van der Waals surface area contributed by atoms with Gasteiger partial charge in [-0.15, -0.1) is 5.10 Å². The van der Waals surface area contributed by atoms with E-state index < -0.39 is 5.91 Å². The summed E-state index contributed by atoms with van der Waals surface area (Å²) in [7, 11) is 0. The minimum absolute atomic E-state index is 0.186. The standard InChI is InChI=1S/C17H17BrN8O/c1-10-15(17(27)24-21-8-12-5-3-4-6-14(12)18)23-25-26(10)9-13-7-20-11(2)22-16(13)19/h3-8H,9H2,1-2H3,(H,24,27)(H2,19,20,22)/b21-8+. The van der Waals surface area contributed by atoms with E-state index in [1.54, 1.807) is 30.9 Å². The molecule has 3 aromatic rings. The molecule has 0 bridgehead atoms. The monoisotopic (exact) mass is 428 g/mol. The fraction of sp³-hybridized carbons (Fsp3) is 0.176. The number of amides is 1. The second-order valence-electron chi connectivity index (χ2n) is 5.73. The van der Waals surface area contributed by atoms with Crippen molar-refractivity contribution in [1.82, 2.24) is 30.4 Å². The van der Waals surface area contributed by atoms with E-state index in [4.69, 9.17) is 5.73 Å². The van der Waals surface area contributed by atoms with Gasteiger partial charge in [-0.2, -0.15) is 5.10 Å². The van der Waals surface area contributed by atoms with Crippen LogP contribution in [0.1, 0.15) is 33.1 Å². The van der Waals surface area contributed by atoms with Crippen molar-refractivity contribution in [3.63, 3.8) is 0 Å². The number of hydrogen-bond donors (Lipinski definition) is 2. The molecular formula is C17H17BrN8O. The van der Waals surface area contributed by atoms with Gasteiger partial charge in [0, 0.05) is 21.8 Å². The number of nitrogens with one attached hydrogen (secondary N) is 1. The number of nitrogen functional groups attached to an aromatic ring is 1. The Kier molecular flexibility index (Phi) is 5.55. The van der Waals surface area contributed by atoms with E-state index in [0.717, 1.165) is 10.0 Å². The minimum Gasteiger partial charge on any atom is -0.383 e. The van der Waals surface area contributed by atoms with E-state index in [0.29, 0.717) is 29.4 Å². The Labute approximate surface area is 163 Å². The van der Waals surface area contributed by atoms with Gasteiger partial charge in [0.05, 0.1) is 18.5 Å². The Morgan fingerprint density at radius 2 is 2.15 bits per heavy atom. The van der Waals surface area contributed by atoms with Gasteiger partial charge >= 0.3 is 0 Å². The molecule has 10 heteroatoms. The van der Waals surface area contributed by atoms with E-state index in [1.807, 2.05) is 24.3 Å². The van der Waals surface area contributed by atoms with Gasteiger partial charge in [0.15, 0.2) is 5.69 Å². The number of rotatable bonds is 5. The number of halogens is 1. The number of nitrogens with two attached hydrogens (primary N) is 1. The van der Waals surface area contributed by atoms with Gasteiger partial charge in [-0.25, -0.2) is 20.1 Å². The van der Waals surface area contributed by atoms with Crippen molar-refractivity contribution in [2.24, 2.45) is 5.10 Å². The van der Waals surface area contributed by atoms with Gasteiger partial charge in [0.1, 0.15) is 11.6 Å². The lowest BCUT2D eigenvalue weighted by Gasteiger charge is -2.06. The average Bonchev–Trinajstić information content (AvgIpc) is 2.99. The molecule has 9 nitrogen and oxygen atoms in total. The van der Waals surface area contributed by atoms with Gasteiger partial charge in [-0.1, -0.05) is 39.3 Å². The summed E-state index contributed by atoms with van der Waals surface area (Å²) in [5.74, 6) is 0.520. The van der Waals surface area contributed by atoms with Crippen molar-refractivity contribution in [2.75, 3.05) is 5.73 Å². The quantitative estimate of drug-likeness (QED) is 0.471. The first-order valence-corrected chi connectivity index (χ1v) is 8.81. The van der Waals surface area contributed by atoms with Crippen LogP contribution in [0.4, 0.5) is 5.82 Å². The highest BCUT2D eigenvalue weighted by atomic mass is 79.9. The first-order chi connectivity index (χ1) is 13.0. The van der Waals surface area contributed by atoms with Crippen LogP contribution in [0.5, 0.6) is 0 Å². The van der Waals surface area contributed by atoms with E-state index >= 15 is 0 Å². The molecule has 0 spiro atoms. The maximum absolute atomic E-state index is 12.3. The Hall–Kier alpha value is -3.14. The second-order valence-corrected chi connectivity index (χ2v) is 6.58. The summed E-state index contributed by atoms with van der Waals surface area (Å²) in [5.41, 5.74) is 10.7. The summed E-state index contributed by atoms with van der Waals surface area (Å²) < 4.78 is 2.44. The minimum atomic E-state index is -0.449. The number of hydrogen-bond acceptors (Lipinski definition) is 7. The van der Waals surface area contributed by atoms with Crippen molar-refractivity contribution in [2.45, 2.75) is 20.4 Å². The summed E-state index contributed by atoms with van der Waals surface area (Å²) in [6, 6.07) is 7.53. The Balaban J connectivity index is 1.71. The molecule has 0 aliphatic rings. The zero-order chi connectivity index (χ0) is 19.4. The molecule has 1 amide bonds. The fourth-order valence-electron chi connectivity index (χ4n) is 2.31. The van der Waals surface area contributed by atoms with Crippen molar-refractivity contribution in [3.8, 4) is 0 Å². The molecule has 2 heterocycles. The van der Waals surface area contributed by atoms with Crippen LogP contribution in [0.3, 0.4) is 0 Å². The third-order valence-electron chi connectivity index (χ3n) is 3.81. The number of nitrogens with zero attached hydrogens (tertiary/aromatic N) is 6. The zero-order valence-corrected chi connectivity index (χ0v) is 16.3. The summed E-state index contributed by atoms with van der Waals surface area (Å²) in [6.45, 7) is 3.83. The smallest absolute Gasteiger partial charge is 0.293 e. The zero-order valence-electron chi connectivity index (χ0n) is 14.7. The van der Waals surface area contributed by atoms with E-state index in [1.165, 1.54) is 0 Å². The van der Waals surface area contributed by atoms with Crippen LogP contribution in [0.25, 0.3) is 0 Å². The molecule has 138 valence electrons. The number of carbonyl (C=O) groups excluding carboxylic acids is 1. The second kappa shape index (κ2) is 8.04. The predicted molar refractivity (Wildman–Crippen MR) is 104 cm³/mol. The van der Waals surface area contributed by atoms with E-state index in [2.05, 4.69) is 46.7 Å². The largest absolute Gasteiger partial charge is 0.383 e. The topological polar surface area (TPSA) is 124 Å². The number of carbonyl (C=O) groups is 1. The van der Waals surface area contributed by atoms with Crippen LogP contribution in [0.2, 0.25) is 0 Å². The number of hydrazone groups is 1. The van der Waals surface area contributed by atoms with Gasteiger partial charge in [0.25, 0.3) is 5.91 Å². The normalized spacial score (nSPS) is 11.1. The van der Waals surface area contributed by atoms with Crippen molar-refractivity contribution in [3.05, 3.63) is 63.3 Å². The van der Waals surface area contributed by atoms with Crippen molar-refractivity contribution in [1.29, 1.82) is 0 Å². The van der Waals surface area contributed by atoms with Gasteiger partial charge in [-0.3, -0.25) is 4.79 Å². The highest BCUT2D eigenvalue weighted by molar-refractivity contribution is 9.10. The molecule has 3 rings (SSSR count). The molecule has 0 atom stereocenters. The third kappa shape index (κ3) is 4.34. The lowest BCUT2D eigenvalue weighted by atomic mass is 10.2. The first kappa shape index (κ1) is 18.6. The average molecular weight is 429 g/mol. The molecule has 2 aromatic heterocycles. The highest BCUT2D eigenvalue weighted by Gasteiger charge is 2.17. The van der Waals surface area contributed by atoms with E-state index in [9.17, 15) is 4.79 Å². The summed E-state index contributed by atoms with van der Waals surface area (Å²) in [4.78, 5) is 20.6. The molecule has 3 N–H and O–H groups in total. The predicted octanol–water partition coefficient (Wildman–Crippen LogP) is 1.84. The highest BCUT2D eigenvalue weighted by Crippen LogP contribution is 2.14. The fourth-order valence-corrected chi connectivity index (χ4v) is 2.70. The summed E-state index contributed by atoms with van der Waals surface area (Å²) >= 11 is 3.42. The van der Waals surface area contributed by atoms with Crippen LogP contribution in [0.15, 0.2) is 40.0 Å². The molecule has 0 aliphatic heterocycles. The molecule has 0 saturated heterocycles. The molecule has 27 heavy (non-hydrogen) atoms. The number of aryl methyl sites for hydroxylation is 1. The van der Waals surface area contributed by atoms with Crippen LogP contribution in [-0.2, 0) is 6.54 Å². The maximum Gasteiger partial charge on any atom is 0.293 e. The van der Waals surface area contributed by atoms with Crippen LogP contribution in [-0.4, -0.2) is 37.1 Å². The third-order valence-corrected chi connectivity index (χ3v) is 4.53. The molecule has 1 aromatic carbocycles. The van der Waals surface area contributed by atoms with Gasteiger partial charge in [0.2, 0.25) is 0 Å². The lowest BCUT2D eigenvalue weighted by molar-refractivity contribution is 0.0949. The number of aromatic nitrogens is 5. The Morgan fingerprint density at radius 1 is 1.37 bits per heavy atom. The maximum atomic E-state index is 12.3. The van der Waals surface area contributed by atoms with Gasteiger partial charge in [-0.05, 0) is 19.9 Å². The molecule has 0 saturated carbocycles.